The molecule has 0 radical (unpaired) electrons. The first-order valence-electron chi connectivity index (χ1n) is 6.77. The van der Waals surface area contributed by atoms with Crippen molar-refractivity contribution in [2.75, 3.05) is 11.9 Å². The zero-order valence-electron chi connectivity index (χ0n) is 12.3. The van der Waals surface area contributed by atoms with Gasteiger partial charge in [-0.3, -0.25) is 3.96 Å². The van der Waals surface area contributed by atoms with E-state index in [1.807, 2.05) is 65.4 Å². The topological polar surface area (TPSA) is 33.4 Å². The lowest BCUT2D eigenvalue weighted by Gasteiger charge is -2.17. The molecule has 1 heterocycles. The fourth-order valence-electron chi connectivity index (χ4n) is 2.06. The van der Waals surface area contributed by atoms with Crippen molar-refractivity contribution < 1.29 is 0 Å². The van der Waals surface area contributed by atoms with Crippen molar-refractivity contribution in [1.29, 1.82) is 0 Å². The van der Waals surface area contributed by atoms with Gasteiger partial charge in [0.25, 0.3) is 0 Å². The highest BCUT2D eigenvalue weighted by Gasteiger charge is 2.10. The van der Waals surface area contributed by atoms with Gasteiger partial charge in [-0.25, -0.2) is 4.99 Å². The Bertz CT molecular complexity index is 821. The van der Waals surface area contributed by atoms with E-state index in [0.717, 1.165) is 17.3 Å². The molecule has 0 saturated heterocycles. The Morgan fingerprint density at radius 2 is 1.77 bits per heavy atom. The zero-order chi connectivity index (χ0) is 15.5. The molecule has 2 aromatic carbocycles. The molecule has 3 rings (SSSR count). The Morgan fingerprint density at radius 1 is 1.09 bits per heavy atom. The summed E-state index contributed by atoms with van der Waals surface area (Å²) in [6.07, 6.45) is 0. The van der Waals surface area contributed by atoms with Gasteiger partial charge in [0.05, 0.1) is 5.69 Å². The molecule has 0 unspecified atom stereocenters. The van der Waals surface area contributed by atoms with Crippen LogP contribution in [-0.2, 0) is 7.05 Å². The van der Waals surface area contributed by atoms with Crippen LogP contribution >= 0.6 is 23.1 Å². The van der Waals surface area contributed by atoms with Crippen molar-refractivity contribution in [3.8, 4) is 0 Å². The van der Waals surface area contributed by atoms with E-state index < -0.39 is 0 Å². The number of benzene rings is 2. The van der Waals surface area contributed by atoms with Gasteiger partial charge in [0.2, 0.25) is 10.7 Å². The zero-order valence-corrected chi connectivity index (χ0v) is 13.8. The number of nitrogens with zero attached hydrogens (tertiary/aromatic N) is 4. The minimum absolute atomic E-state index is 0.702. The molecular weight excluding hydrogens is 316 g/mol. The minimum Gasteiger partial charge on any atom is -0.314 e. The second-order valence-corrected chi connectivity index (χ2v) is 6.30. The molecule has 0 saturated carbocycles. The van der Waals surface area contributed by atoms with E-state index in [1.165, 1.54) is 11.5 Å². The number of rotatable bonds is 3. The molecule has 0 aliphatic carbocycles. The molecule has 0 amide bonds. The van der Waals surface area contributed by atoms with Crippen LogP contribution in [0.1, 0.15) is 0 Å². The first kappa shape index (κ1) is 14.8. The monoisotopic (exact) mass is 330 g/mol. The number of hydrogen-bond donors (Lipinski definition) is 0. The summed E-state index contributed by atoms with van der Waals surface area (Å²) in [5.74, 6) is 0.851. The Balaban J connectivity index is 1.95. The average Bonchev–Trinajstić information content (AvgIpc) is 2.90. The van der Waals surface area contributed by atoms with Crippen molar-refractivity contribution in [3.63, 3.8) is 0 Å². The molecule has 0 bridgehead atoms. The number of halogens is 1. The summed E-state index contributed by atoms with van der Waals surface area (Å²) in [6, 6.07) is 17.5. The first-order valence-corrected chi connectivity index (χ1v) is 7.92. The maximum Gasteiger partial charge on any atom is 0.229 e. The second-order valence-electron chi connectivity index (χ2n) is 4.77. The third kappa shape index (κ3) is 3.21. The number of hydrogen-bond acceptors (Lipinski definition) is 4. The molecule has 4 nitrogen and oxygen atoms in total. The van der Waals surface area contributed by atoms with Crippen molar-refractivity contribution in [1.82, 2.24) is 8.94 Å². The molecule has 0 fully saturated rings. The van der Waals surface area contributed by atoms with Gasteiger partial charge in [-0.05, 0) is 47.9 Å². The predicted molar refractivity (Wildman–Crippen MR) is 92.3 cm³/mol. The summed E-state index contributed by atoms with van der Waals surface area (Å²) in [5, 5.41) is 0.702. The molecule has 3 aromatic rings. The fourth-order valence-corrected chi connectivity index (χ4v) is 2.95. The van der Waals surface area contributed by atoms with Crippen LogP contribution in [0, 0.1) is 0 Å². The van der Waals surface area contributed by atoms with E-state index in [0.29, 0.717) is 9.82 Å². The van der Waals surface area contributed by atoms with Gasteiger partial charge in [-0.15, -0.1) is 0 Å². The van der Waals surface area contributed by atoms with Gasteiger partial charge in [0.1, 0.15) is 0 Å². The highest BCUT2D eigenvalue weighted by atomic mass is 35.5. The van der Waals surface area contributed by atoms with Gasteiger partial charge in [-0.2, -0.15) is 4.98 Å². The fraction of sp³-hybridized carbons (Fsp3) is 0.125. The third-order valence-electron chi connectivity index (χ3n) is 3.19. The van der Waals surface area contributed by atoms with Crippen LogP contribution in [0.5, 0.6) is 0 Å². The Kier molecular flexibility index (Phi) is 4.27. The molecule has 0 atom stereocenters. The lowest BCUT2D eigenvalue weighted by atomic mass is 10.3. The van der Waals surface area contributed by atoms with Gasteiger partial charge < -0.3 is 4.90 Å². The molecule has 0 aliphatic rings. The van der Waals surface area contributed by atoms with Crippen LogP contribution in [0.2, 0.25) is 5.02 Å². The van der Waals surface area contributed by atoms with E-state index in [1.54, 1.807) is 0 Å². The van der Waals surface area contributed by atoms with E-state index in [4.69, 9.17) is 11.6 Å². The Morgan fingerprint density at radius 3 is 2.45 bits per heavy atom. The standard InChI is InChI=1S/C16H15ClN4S/c1-20(14-6-4-3-5-7-14)16-19-15(22-21(16)2)18-13-10-8-12(17)9-11-13/h3-11H,1-2H3. The van der Waals surface area contributed by atoms with E-state index in [-0.39, 0.29) is 0 Å². The van der Waals surface area contributed by atoms with E-state index in [2.05, 4.69) is 22.1 Å². The van der Waals surface area contributed by atoms with E-state index in [9.17, 15) is 0 Å². The smallest absolute Gasteiger partial charge is 0.229 e. The van der Waals surface area contributed by atoms with Crippen LogP contribution in [0.15, 0.2) is 59.6 Å². The van der Waals surface area contributed by atoms with Crippen LogP contribution < -0.4 is 9.70 Å². The van der Waals surface area contributed by atoms with Crippen molar-refractivity contribution in [2.24, 2.45) is 12.0 Å². The van der Waals surface area contributed by atoms with Crippen molar-refractivity contribution >= 4 is 40.5 Å². The summed E-state index contributed by atoms with van der Waals surface area (Å²) in [4.78, 5) is 11.9. The molecule has 1 aromatic heterocycles. The lowest BCUT2D eigenvalue weighted by Crippen LogP contribution is -2.14. The summed E-state index contributed by atoms with van der Waals surface area (Å²) < 4.78 is 2.00. The number of para-hydroxylation sites is 1. The van der Waals surface area contributed by atoms with Crippen LogP contribution in [-0.4, -0.2) is 16.0 Å². The quantitative estimate of drug-likeness (QED) is 0.723. The molecule has 112 valence electrons. The number of aryl methyl sites for hydroxylation is 1. The van der Waals surface area contributed by atoms with Gasteiger partial charge in [0, 0.05) is 24.8 Å². The van der Waals surface area contributed by atoms with Crippen LogP contribution in [0.4, 0.5) is 17.3 Å². The molecule has 22 heavy (non-hydrogen) atoms. The van der Waals surface area contributed by atoms with Gasteiger partial charge in [0.15, 0.2) is 0 Å². The number of aromatic nitrogens is 2. The summed E-state index contributed by atoms with van der Waals surface area (Å²) >= 11 is 7.39. The lowest BCUT2D eigenvalue weighted by molar-refractivity contribution is 0.939. The molecule has 6 heteroatoms. The van der Waals surface area contributed by atoms with Crippen molar-refractivity contribution in [2.45, 2.75) is 0 Å². The predicted octanol–water partition coefficient (Wildman–Crippen LogP) is 4.14. The third-order valence-corrected chi connectivity index (χ3v) is 4.23. The van der Waals surface area contributed by atoms with Crippen LogP contribution in [0.25, 0.3) is 0 Å². The van der Waals surface area contributed by atoms with Gasteiger partial charge in [-0.1, -0.05) is 29.8 Å². The normalized spacial score (nSPS) is 11.7. The van der Waals surface area contributed by atoms with Crippen LogP contribution in [0.3, 0.4) is 0 Å². The second kappa shape index (κ2) is 6.34. The van der Waals surface area contributed by atoms with Crippen molar-refractivity contribution in [3.05, 3.63) is 64.4 Å². The molecule has 0 N–H and O–H groups in total. The summed E-state index contributed by atoms with van der Waals surface area (Å²) in [6.45, 7) is 0. The Hall–Kier alpha value is -2.11. The summed E-state index contributed by atoms with van der Waals surface area (Å²) in [5.41, 5.74) is 1.93. The maximum absolute atomic E-state index is 5.89. The number of anilines is 2. The van der Waals surface area contributed by atoms with E-state index >= 15 is 0 Å². The minimum atomic E-state index is 0.702. The molecular formula is C16H15ClN4S. The largest absolute Gasteiger partial charge is 0.314 e. The maximum atomic E-state index is 5.89. The highest BCUT2D eigenvalue weighted by Crippen LogP contribution is 2.21. The average molecular weight is 331 g/mol. The molecule has 0 aliphatic heterocycles. The van der Waals surface area contributed by atoms with Gasteiger partial charge >= 0.3 is 0 Å². The SMILES string of the molecule is CN(c1ccccc1)c1nc(=Nc2ccc(Cl)cc2)sn1C. The highest BCUT2D eigenvalue weighted by molar-refractivity contribution is 7.03. The summed E-state index contributed by atoms with van der Waals surface area (Å²) in [7, 11) is 3.98. The molecule has 0 spiro atoms. The first-order chi connectivity index (χ1) is 10.6. The Labute approximate surface area is 138 Å².